The van der Waals surface area contributed by atoms with Gasteiger partial charge in [-0.25, -0.2) is 13.8 Å². The van der Waals surface area contributed by atoms with Gasteiger partial charge in [0.15, 0.2) is 5.78 Å². The molecule has 4 aromatic rings. The Bertz CT molecular complexity index is 1150. The van der Waals surface area contributed by atoms with Gasteiger partial charge in [0.25, 0.3) is 0 Å². The predicted octanol–water partition coefficient (Wildman–Crippen LogP) is 5.01. The van der Waals surface area contributed by atoms with Crippen LogP contribution in [0.4, 0.5) is 20.3 Å². The highest BCUT2D eigenvalue weighted by atomic mass is 19.1. The van der Waals surface area contributed by atoms with Crippen LogP contribution in [0.25, 0.3) is 21.7 Å². The van der Waals surface area contributed by atoms with Gasteiger partial charge in [0.2, 0.25) is 0 Å². The largest absolute Gasteiger partial charge is 0.340 e. The Labute approximate surface area is 147 Å². The number of fused-ring (bicyclic) bond motifs is 3. The molecule has 4 rings (SSSR count). The molecule has 0 amide bonds. The van der Waals surface area contributed by atoms with E-state index in [2.05, 4.69) is 15.3 Å². The zero-order chi connectivity index (χ0) is 18.3. The van der Waals surface area contributed by atoms with Crippen LogP contribution in [0.2, 0.25) is 0 Å². The van der Waals surface area contributed by atoms with Gasteiger partial charge in [-0.2, -0.15) is 0 Å². The molecule has 0 atom stereocenters. The van der Waals surface area contributed by atoms with E-state index >= 15 is 0 Å². The van der Waals surface area contributed by atoms with Gasteiger partial charge in [0.1, 0.15) is 17.5 Å². The lowest BCUT2D eigenvalue weighted by Crippen LogP contribution is -1.99. The number of nitrogens with zero attached hydrogens (tertiary/aromatic N) is 2. The zero-order valence-electron chi connectivity index (χ0n) is 13.8. The number of aromatic nitrogens is 2. The van der Waals surface area contributed by atoms with Gasteiger partial charge in [-0.05, 0) is 31.2 Å². The second-order valence-corrected chi connectivity index (χ2v) is 5.95. The molecule has 4 nitrogen and oxygen atoms in total. The Balaban J connectivity index is 1.95. The van der Waals surface area contributed by atoms with E-state index in [1.165, 1.54) is 19.1 Å². The molecular weight excluding hydrogens is 336 g/mol. The first-order valence-electron chi connectivity index (χ1n) is 7.93. The summed E-state index contributed by atoms with van der Waals surface area (Å²) in [4.78, 5) is 20.4. The molecule has 26 heavy (non-hydrogen) atoms. The molecule has 0 bridgehead atoms. The third kappa shape index (κ3) is 2.86. The third-order valence-corrected chi connectivity index (χ3v) is 4.13. The highest BCUT2D eigenvalue weighted by Gasteiger charge is 2.11. The van der Waals surface area contributed by atoms with Crippen LogP contribution in [0, 0.1) is 11.6 Å². The molecule has 0 aliphatic rings. The van der Waals surface area contributed by atoms with Gasteiger partial charge in [-0.3, -0.25) is 9.78 Å². The molecule has 2 aromatic carbocycles. The summed E-state index contributed by atoms with van der Waals surface area (Å²) < 4.78 is 27.0. The van der Waals surface area contributed by atoms with Gasteiger partial charge in [0.05, 0.1) is 5.52 Å². The number of Topliss-reactive ketones (excluding diaryl/α,β-unsaturated/α-hetero) is 1. The van der Waals surface area contributed by atoms with Gasteiger partial charge in [0, 0.05) is 45.9 Å². The average molecular weight is 349 g/mol. The van der Waals surface area contributed by atoms with Crippen LogP contribution in [0.15, 0.2) is 54.9 Å². The average Bonchev–Trinajstić information content (AvgIpc) is 2.60. The first-order chi connectivity index (χ1) is 12.5. The Morgan fingerprint density at radius 1 is 0.962 bits per heavy atom. The summed E-state index contributed by atoms with van der Waals surface area (Å²) in [7, 11) is 0. The van der Waals surface area contributed by atoms with Gasteiger partial charge < -0.3 is 5.32 Å². The number of pyridine rings is 2. The normalized spacial score (nSPS) is 11.0. The monoisotopic (exact) mass is 349 g/mol. The summed E-state index contributed by atoms with van der Waals surface area (Å²) in [6.45, 7) is 1.48. The maximum absolute atomic E-state index is 13.5. The number of ketones is 1. The van der Waals surface area contributed by atoms with Crippen molar-refractivity contribution in [3.8, 4) is 0 Å². The second kappa shape index (κ2) is 6.15. The van der Waals surface area contributed by atoms with Crippen molar-refractivity contribution in [3.63, 3.8) is 0 Å². The molecule has 0 aliphatic heterocycles. The number of nitrogens with one attached hydrogen (secondary N) is 1. The lowest BCUT2D eigenvalue weighted by atomic mass is 10.0. The standard InChI is InChI=1S/C20H13F2N3O/c1-11(26)12-2-3-16-18-10-23-5-4-17(18)20(25-19(16)6-12)24-15-8-13(21)7-14(22)9-15/h2-10H,1H3,(H,24,25). The Morgan fingerprint density at radius 2 is 1.73 bits per heavy atom. The lowest BCUT2D eigenvalue weighted by molar-refractivity contribution is 0.101. The summed E-state index contributed by atoms with van der Waals surface area (Å²) >= 11 is 0. The fourth-order valence-corrected chi connectivity index (χ4v) is 2.93. The van der Waals surface area contributed by atoms with Crippen molar-refractivity contribution in [1.29, 1.82) is 0 Å². The smallest absolute Gasteiger partial charge is 0.159 e. The molecule has 128 valence electrons. The number of benzene rings is 2. The van der Waals surface area contributed by atoms with E-state index in [0.29, 0.717) is 16.9 Å². The van der Waals surface area contributed by atoms with Crippen LogP contribution < -0.4 is 5.32 Å². The van der Waals surface area contributed by atoms with E-state index in [4.69, 9.17) is 0 Å². The molecule has 0 spiro atoms. The van der Waals surface area contributed by atoms with Crippen molar-refractivity contribution in [2.24, 2.45) is 0 Å². The highest BCUT2D eigenvalue weighted by molar-refractivity contribution is 6.11. The van der Waals surface area contributed by atoms with Crippen molar-refractivity contribution in [1.82, 2.24) is 9.97 Å². The van der Waals surface area contributed by atoms with Crippen LogP contribution >= 0.6 is 0 Å². The maximum atomic E-state index is 13.5. The summed E-state index contributed by atoms with van der Waals surface area (Å²) in [5.74, 6) is -1.00. The SMILES string of the molecule is CC(=O)c1ccc2c(c1)nc(Nc1cc(F)cc(F)c1)c1ccncc12. The fraction of sp³-hybridized carbons (Fsp3) is 0.0500. The lowest BCUT2D eigenvalue weighted by Gasteiger charge is -2.12. The molecule has 0 radical (unpaired) electrons. The van der Waals surface area contributed by atoms with E-state index < -0.39 is 11.6 Å². The Morgan fingerprint density at radius 3 is 2.46 bits per heavy atom. The second-order valence-electron chi connectivity index (χ2n) is 5.95. The molecule has 0 fully saturated rings. The molecule has 2 heterocycles. The molecule has 6 heteroatoms. The van der Waals surface area contributed by atoms with Crippen LogP contribution in [-0.2, 0) is 0 Å². The first kappa shape index (κ1) is 16.1. The molecular formula is C20H13F2N3O. The number of rotatable bonds is 3. The van der Waals surface area contributed by atoms with Gasteiger partial charge >= 0.3 is 0 Å². The number of carbonyl (C=O) groups excluding carboxylic acids is 1. The molecule has 1 N–H and O–H groups in total. The number of carbonyl (C=O) groups is 1. The molecule has 2 aromatic heterocycles. The Kier molecular flexibility index (Phi) is 3.80. The summed E-state index contributed by atoms with van der Waals surface area (Å²) in [5.41, 5.74) is 1.38. The maximum Gasteiger partial charge on any atom is 0.159 e. The van der Waals surface area contributed by atoms with Crippen LogP contribution in [0.5, 0.6) is 0 Å². The van der Waals surface area contributed by atoms with Crippen LogP contribution in [0.1, 0.15) is 17.3 Å². The minimum absolute atomic E-state index is 0.0679. The van der Waals surface area contributed by atoms with Crippen molar-refractivity contribution in [2.45, 2.75) is 6.92 Å². The van der Waals surface area contributed by atoms with E-state index in [1.54, 1.807) is 30.6 Å². The zero-order valence-corrected chi connectivity index (χ0v) is 13.8. The van der Waals surface area contributed by atoms with E-state index in [0.717, 1.165) is 22.2 Å². The summed E-state index contributed by atoms with van der Waals surface area (Å²) in [5, 5.41) is 5.39. The first-order valence-corrected chi connectivity index (χ1v) is 7.93. The predicted molar refractivity (Wildman–Crippen MR) is 96.7 cm³/mol. The van der Waals surface area contributed by atoms with E-state index in [1.807, 2.05) is 6.07 Å². The third-order valence-electron chi connectivity index (χ3n) is 4.13. The quantitative estimate of drug-likeness (QED) is 0.417. The van der Waals surface area contributed by atoms with Crippen LogP contribution in [-0.4, -0.2) is 15.8 Å². The number of hydrogen-bond acceptors (Lipinski definition) is 4. The van der Waals surface area contributed by atoms with Crippen molar-refractivity contribution in [2.75, 3.05) is 5.32 Å². The molecule has 0 saturated heterocycles. The number of halogens is 2. The number of hydrogen-bond donors (Lipinski definition) is 1. The fourth-order valence-electron chi connectivity index (χ4n) is 2.93. The van der Waals surface area contributed by atoms with E-state index in [-0.39, 0.29) is 11.5 Å². The minimum Gasteiger partial charge on any atom is -0.340 e. The van der Waals surface area contributed by atoms with Crippen molar-refractivity contribution >= 4 is 39.0 Å². The van der Waals surface area contributed by atoms with Gasteiger partial charge in [-0.1, -0.05) is 12.1 Å². The van der Waals surface area contributed by atoms with Gasteiger partial charge in [-0.15, -0.1) is 0 Å². The highest BCUT2D eigenvalue weighted by Crippen LogP contribution is 2.31. The van der Waals surface area contributed by atoms with Crippen molar-refractivity contribution < 1.29 is 13.6 Å². The summed E-state index contributed by atoms with van der Waals surface area (Å²) in [6.07, 6.45) is 3.32. The van der Waals surface area contributed by atoms with Crippen LogP contribution in [0.3, 0.4) is 0 Å². The summed E-state index contributed by atoms with van der Waals surface area (Å²) in [6, 6.07) is 10.2. The molecule has 0 aliphatic carbocycles. The molecule has 0 saturated carbocycles. The Hall–Kier alpha value is -3.41. The van der Waals surface area contributed by atoms with E-state index in [9.17, 15) is 13.6 Å². The minimum atomic E-state index is -0.682. The number of anilines is 2. The topological polar surface area (TPSA) is 54.9 Å². The molecule has 0 unspecified atom stereocenters. The van der Waals surface area contributed by atoms with Crippen molar-refractivity contribution in [3.05, 3.63) is 72.1 Å².